The van der Waals surface area contributed by atoms with E-state index >= 15 is 0 Å². The highest BCUT2D eigenvalue weighted by atomic mass is 16.5. The monoisotopic (exact) mass is 452 g/mol. The van der Waals surface area contributed by atoms with Crippen LogP contribution in [-0.2, 0) is 6.42 Å². The van der Waals surface area contributed by atoms with E-state index in [1.54, 1.807) is 25.3 Å². The Morgan fingerprint density at radius 3 is 2.12 bits per heavy atom. The number of benzene rings is 2. The van der Waals surface area contributed by atoms with Gasteiger partial charge >= 0.3 is 0 Å². The number of rotatable bonds is 16. The summed E-state index contributed by atoms with van der Waals surface area (Å²) in [5, 5.41) is 10.1. The van der Waals surface area contributed by atoms with Gasteiger partial charge in [-0.25, -0.2) is 0 Å². The number of carbonyl (C=O) groups is 1. The number of hydrogen-bond acceptors (Lipinski definition) is 4. The predicted octanol–water partition coefficient (Wildman–Crippen LogP) is 7.77. The van der Waals surface area contributed by atoms with E-state index in [9.17, 15) is 9.90 Å². The molecule has 0 bridgehead atoms. The molecule has 4 nitrogen and oxygen atoms in total. The third kappa shape index (κ3) is 8.95. The summed E-state index contributed by atoms with van der Waals surface area (Å²) in [5.41, 5.74) is 2.25. The first-order valence-corrected chi connectivity index (χ1v) is 12.4. The van der Waals surface area contributed by atoms with Gasteiger partial charge in [0.05, 0.1) is 14.2 Å². The van der Waals surface area contributed by atoms with E-state index in [0.717, 1.165) is 17.7 Å². The fourth-order valence-corrected chi connectivity index (χ4v) is 4.07. The van der Waals surface area contributed by atoms with Gasteiger partial charge < -0.3 is 14.6 Å². The highest BCUT2D eigenvalue weighted by Crippen LogP contribution is 2.29. The number of phenolic OH excluding ortho intramolecular Hbond substituents is 1. The topological polar surface area (TPSA) is 55.8 Å². The first-order valence-electron chi connectivity index (χ1n) is 12.4. The Morgan fingerprint density at radius 2 is 1.48 bits per heavy atom. The number of methoxy groups -OCH3 is 2. The molecule has 0 spiro atoms. The van der Waals surface area contributed by atoms with E-state index in [0.29, 0.717) is 5.75 Å². The van der Waals surface area contributed by atoms with E-state index in [-0.39, 0.29) is 17.1 Å². The molecule has 0 radical (unpaired) electrons. The number of carbonyl (C=O) groups excluding carboxylic acids is 1. The van der Waals surface area contributed by atoms with E-state index in [2.05, 4.69) is 19.1 Å². The third-order valence-corrected chi connectivity index (χ3v) is 6.00. The Labute approximate surface area is 199 Å². The molecule has 0 saturated heterocycles. The van der Waals surface area contributed by atoms with Crippen molar-refractivity contribution in [1.82, 2.24) is 0 Å². The van der Waals surface area contributed by atoms with E-state index in [1.807, 2.05) is 6.07 Å². The Kier molecular flexibility index (Phi) is 12.2. The zero-order chi connectivity index (χ0) is 23.9. The van der Waals surface area contributed by atoms with E-state index < -0.39 is 0 Å². The minimum atomic E-state index is -0.313. The maximum absolute atomic E-state index is 12.7. The molecule has 0 atom stereocenters. The highest BCUT2D eigenvalue weighted by Gasteiger charge is 2.15. The van der Waals surface area contributed by atoms with Crippen molar-refractivity contribution in [3.8, 4) is 17.2 Å². The quantitative estimate of drug-likeness (QED) is 0.161. The summed E-state index contributed by atoms with van der Waals surface area (Å²) < 4.78 is 10.7. The van der Waals surface area contributed by atoms with Gasteiger partial charge in [0, 0.05) is 5.56 Å². The molecule has 0 amide bonds. The average Bonchev–Trinajstić information content (AvgIpc) is 2.83. The Hall–Kier alpha value is -2.75. The highest BCUT2D eigenvalue weighted by molar-refractivity contribution is 6.10. The fourth-order valence-electron chi connectivity index (χ4n) is 4.07. The molecule has 0 aliphatic rings. The van der Waals surface area contributed by atoms with Gasteiger partial charge in [-0.15, -0.1) is 0 Å². The minimum Gasteiger partial charge on any atom is -0.507 e. The van der Waals surface area contributed by atoms with Crippen LogP contribution in [0.2, 0.25) is 0 Å². The molecule has 4 heteroatoms. The SMILES string of the molecule is CCCCCCCCCCCCc1ccc(OC)c(/C=C/C(=O)c2c(O)cccc2OC)c1. The van der Waals surface area contributed by atoms with Crippen molar-refractivity contribution in [2.75, 3.05) is 14.2 Å². The standard InChI is InChI=1S/C29H40O4/c1-4-5-6-7-8-9-10-11-12-13-15-23-18-21-27(32-2)24(22-23)19-20-26(31)29-25(30)16-14-17-28(29)33-3/h14,16-22,30H,4-13,15H2,1-3H3/b20-19+. The lowest BCUT2D eigenvalue weighted by Gasteiger charge is -2.09. The zero-order valence-corrected chi connectivity index (χ0v) is 20.6. The van der Waals surface area contributed by atoms with Gasteiger partial charge in [0.25, 0.3) is 0 Å². The molecule has 33 heavy (non-hydrogen) atoms. The lowest BCUT2D eigenvalue weighted by atomic mass is 10.0. The molecule has 0 aliphatic heterocycles. The molecule has 2 aromatic rings. The van der Waals surface area contributed by atoms with Crippen LogP contribution in [0.15, 0.2) is 42.5 Å². The molecule has 0 aromatic heterocycles. The van der Waals surface area contributed by atoms with Gasteiger partial charge in [-0.1, -0.05) is 76.8 Å². The van der Waals surface area contributed by atoms with Crippen LogP contribution in [-0.4, -0.2) is 25.1 Å². The summed E-state index contributed by atoms with van der Waals surface area (Å²) in [7, 11) is 3.11. The molecule has 0 unspecified atom stereocenters. The van der Waals surface area contributed by atoms with Gasteiger partial charge in [-0.3, -0.25) is 4.79 Å². The van der Waals surface area contributed by atoms with Crippen LogP contribution in [0.1, 0.15) is 92.6 Å². The third-order valence-electron chi connectivity index (χ3n) is 6.00. The number of aromatic hydroxyl groups is 1. The van der Waals surface area contributed by atoms with Crippen LogP contribution in [0, 0.1) is 0 Å². The summed E-state index contributed by atoms with van der Waals surface area (Å²) in [6.07, 6.45) is 17.4. The summed E-state index contributed by atoms with van der Waals surface area (Å²) in [5.74, 6) is 0.666. The van der Waals surface area contributed by atoms with Crippen LogP contribution in [0.5, 0.6) is 17.2 Å². The Balaban J connectivity index is 1.88. The van der Waals surface area contributed by atoms with Crippen molar-refractivity contribution in [3.63, 3.8) is 0 Å². The molecule has 0 aliphatic carbocycles. The molecular weight excluding hydrogens is 412 g/mol. The molecule has 2 aromatic carbocycles. The van der Waals surface area contributed by atoms with Crippen molar-refractivity contribution in [2.45, 2.75) is 77.6 Å². The summed E-state index contributed by atoms with van der Waals surface area (Å²) >= 11 is 0. The summed E-state index contributed by atoms with van der Waals surface area (Å²) in [4.78, 5) is 12.7. The number of ketones is 1. The average molecular weight is 453 g/mol. The van der Waals surface area contributed by atoms with Crippen molar-refractivity contribution in [2.24, 2.45) is 0 Å². The maximum Gasteiger partial charge on any atom is 0.193 e. The van der Waals surface area contributed by atoms with Crippen molar-refractivity contribution in [3.05, 3.63) is 59.2 Å². The van der Waals surface area contributed by atoms with Gasteiger partial charge in [-0.05, 0) is 54.8 Å². The molecule has 0 saturated carbocycles. The lowest BCUT2D eigenvalue weighted by Crippen LogP contribution is -1.99. The fraction of sp³-hybridized carbons (Fsp3) is 0.483. The Morgan fingerprint density at radius 1 is 0.848 bits per heavy atom. The number of unbranched alkanes of at least 4 members (excludes halogenated alkanes) is 9. The van der Waals surface area contributed by atoms with Crippen molar-refractivity contribution in [1.29, 1.82) is 0 Å². The largest absolute Gasteiger partial charge is 0.507 e. The van der Waals surface area contributed by atoms with E-state index in [1.165, 1.54) is 89.0 Å². The molecule has 180 valence electrons. The van der Waals surface area contributed by atoms with Crippen LogP contribution in [0.4, 0.5) is 0 Å². The van der Waals surface area contributed by atoms with Crippen molar-refractivity contribution < 1.29 is 19.4 Å². The first-order chi connectivity index (χ1) is 16.1. The second-order valence-corrected chi connectivity index (χ2v) is 8.56. The molecule has 0 fully saturated rings. The molecule has 0 heterocycles. The maximum atomic E-state index is 12.7. The first kappa shape index (κ1) is 26.5. The molecule has 1 N–H and O–H groups in total. The predicted molar refractivity (Wildman–Crippen MR) is 137 cm³/mol. The second kappa shape index (κ2) is 15.2. The molecule has 2 rings (SSSR count). The Bertz CT molecular complexity index is 885. The van der Waals surface area contributed by atoms with Gasteiger partial charge in [0.1, 0.15) is 22.8 Å². The lowest BCUT2D eigenvalue weighted by molar-refractivity contribution is 0.104. The second-order valence-electron chi connectivity index (χ2n) is 8.56. The van der Waals surface area contributed by atoms with Crippen molar-refractivity contribution >= 4 is 11.9 Å². The van der Waals surface area contributed by atoms with Gasteiger partial charge in [-0.2, -0.15) is 0 Å². The zero-order valence-electron chi connectivity index (χ0n) is 20.6. The summed E-state index contributed by atoms with van der Waals surface area (Å²) in [6.45, 7) is 2.26. The number of allylic oxidation sites excluding steroid dienone is 1. The van der Waals surface area contributed by atoms with Crippen LogP contribution in [0.25, 0.3) is 6.08 Å². The van der Waals surface area contributed by atoms with Gasteiger partial charge in [0.2, 0.25) is 0 Å². The number of aryl methyl sites for hydroxylation is 1. The normalized spacial score (nSPS) is 11.1. The summed E-state index contributed by atoms with van der Waals surface area (Å²) in [6, 6.07) is 10.9. The van der Waals surface area contributed by atoms with Gasteiger partial charge in [0.15, 0.2) is 5.78 Å². The molecular formula is C29H40O4. The van der Waals surface area contributed by atoms with Crippen LogP contribution < -0.4 is 9.47 Å². The number of hydrogen-bond donors (Lipinski definition) is 1. The van der Waals surface area contributed by atoms with Crippen LogP contribution >= 0.6 is 0 Å². The van der Waals surface area contributed by atoms with E-state index in [4.69, 9.17) is 9.47 Å². The number of ether oxygens (including phenoxy) is 2. The minimum absolute atomic E-state index is 0.0920. The smallest absolute Gasteiger partial charge is 0.193 e. The van der Waals surface area contributed by atoms with Crippen LogP contribution in [0.3, 0.4) is 0 Å². The number of phenols is 1.